The van der Waals surface area contributed by atoms with E-state index < -0.39 is 5.92 Å². The van der Waals surface area contributed by atoms with Crippen LogP contribution >= 0.6 is 0 Å². The molecular formula is C14H19F2N3. The van der Waals surface area contributed by atoms with Crippen molar-refractivity contribution in [2.75, 3.05) is 37.6 Å². The number of hydrogen-bond donors (Lipinski definition) is 0. The molecule has 2 heterocycles. The Morgan fingerprint density at radius 3 is 2.47 bits per heavy atom. The average molecular weight is 267 g/mol. The Bertz CT molecular complexity index is 408. The third kappa shape index (κ3) is 3.03. The minimum absolute atomic E-state index is 0.0768. The topological polar surface area (TPSA) is 19.4 Å². The quantitative estimate of drug-likeness (QED) is 0.837. The van der Waals surface area contributed by atoms with E-state index >= 15 is 0 Å². The van der Waals surface area contributed by atoms with E-state index in [2.05, 4.69) is 14.8 Å². The lowest BCUT2D eigenvalue weighted by molar-refractivity contribution is -0.116. The van der Waals surface area contributed by atoms with Gasteiger partial charge in [-0.15, -0.1) is 0 Å². The highest BCUT2D eigenvalue weighted by Crippen LogP contribution is 2.42. The molecule has 19 heavy (non-hydrogen) atoms. The molecule has 0 atom stereocenters. The summed E-state index contributed by atoms with van der Waals surface area (Å²) in [5.74, 6) is -1.19. The summed E-state index contributed by atoms with van der Waals surface area (Å²) in [6, 6.07) is 5.92. The maximum absolute atomic E-state index is 12.8. The van der Waals surface area contributed by atoms with Gasteiger partial charge in [-0.2, -0.15) is 0 Å². The Hall–Kier alpha value is -1.23. The Morgan fingerprint density at radius 2 is 1.89 bits per heavy atom. The fourth-order valence-corrected chi connectivity index (χ4v) is 2.98. The number of halogens is 2. The lowest BCUT2D eigenvalue weighted by Crippen LogP contribution is -2.50. The molecule has 3 rings (SSSR count). The normalized spacial score (nSPS) is 24.2. The second kappa shape index (κ2) is 5.04. The zero-order valence-corrected chi connectivity index (χ0v) is 10.9. The largest absolute Gasteiger partial charge is 0.354 e. The van der Waals surface area contributed by atoms with Crippen molar-refractivity contribution < 1.29 is 8.78 Å². The van der Waals surface area contributed by atoms with Crippen LogP contribution in [-0.2, 0) is 0 Å². The van der Waals surface area contributed by atoms with Crippen LogP contribution in [-0.4, -0.2) is 48.5 Å². The number of hydrogen-bond acceptors (Lipinski definition) is 3. The van der Waals surface area contributed by atoms with E-state index in [1.54, 1.807) is 6.20 Å². The molecule has 1 aliphatic heterocycles. The first-order valence-corrected chi connectivity index (χ1v) is 6.89. The lowest BCUT2D eigenvalue weighted by atomic mass is 9.81. The lowest BCUT2D eigenvalue weighted by Gasteiger charge is -2.41. The molecule has 0 N–H and O–H groups in total. The molecule has 0 spiro atoms. The number of alkyl halides is 2. The van der Waals surface area contributed by atoms with Crippen molar-refractivity contribution in [3.63, 3.8) is 0 Å². The fourth-order valence-electron chi connectivity index (χ4n) is 2.98. The van der Waals surface area contributed by atoms with E-state index in [1.165, 1.54) is 0 Å². The van der Waals surface area contributed by atoms with Gasteiger partial charge in [0.15, 0.2) is 0 Å². The maximum Gasteiger partial charge on any atom is 0.248 e. The van der Waals surface area contributed by atoms with Crippen LogP contribution in [0.3, 0.4) is 0 Å². The van der Waals surface area contributed by atoms with Gasteiger partial charge in [0.2, 0.25) is 5.92 Å². The summed E-state index contributed by atoms with van der Waals surface area (Å²) < 4.78 is 25.6. The maximum atomic E-state index is 12.8. The van der Waals surface area contributed by atoms with Crippen LogP contribution in [0.2, 0.25) is 0 Å². The summed E-state index contributed by atoms with van der Waals surface area (Å²) in [5.41, 5.74) is 0. The van der Waals surface area contributed by atoms with E-state index in [0.29, 0.717) is 0 Å². The molecule has 3 nitrogen and oxygen atoms in total. The molecule has 0 bridgehead atoms. The zero-order valence-electron chi connectivity index (χ0n) is 10.9. The Labute approximate surface area is 112 Å². The summed E-state index contributed by atoms with van der Waals surface area (Å²) in [7, 11) is 0. The Kier molecular flexibility index (Phi) is 3.39. The van der Waals surface area contributed by atoms with Crippen molar-refractivity contribution in [2.24, 2.45) is 5.92 Å². The molecule has 0 aromatic carbocycles. The molecule has 0 radical (unpaired) electrons. The van der Waals surface area contributed by atoms with Gasteiger partial charge >= 0.3 is 0 Å². The van der Waals surface area contributed by atoms with Crippen LogP contribution < -0.4 is 4.90 Å². The van der Waals surface area contributed by atoms with Crippen molar-refractivity contribution in [3.8, 4) is 0 Å². The van der Waals surface area contributed by atoms with Gasteiger partial charge in [-0.1, -0.05) is 6.07 Å². The van der Waals surface area contributed by atoms with Gasteiger partial charge in [0.25, 0.3) is 0 Å². The molecule has 1 saturated carbocycles. The van der Waals surface area contributed by atoms with Gasteiger partial charge in [0.1, 0.15) is 5.82 Å². The minimum Gasteiger partial charge on any atom is -0.354 e. The van der Waals surface area contributed by atoms with Gasteiger partial charge in [0, 0.05) is 51.8 Å². The first-order valence-electron chi connectivity index (χ1n) is 6.89. The summed E-state index contributed by atoms with van der Waals surface area (Å²) >= 11 is 0. The number of anilines is 1. The molecule has 104 valence electrons. The SMILES string of the molecule is FC1(F)CC(CN2CCN(c3ccccn3)CC2)C1. The Morgan fingerprint density at radius 1 is 1.16 bits per heavy atom. The highest BCUT2D eigenvalue weighted by Gasteiger charge is 2.45. The number of piperazine rings is 1. The molecule has 1 aromatic rings. The minimum atomic E-state index is -2.39. The van der Waals surface area contributed by atoms with Gasteiger partial charge in [-0.3, -0.25) is 4.90 Å². The fraction of sp³-hybridized carbons (Fsp3) is 0.643. The van der Waals surface area contributed by atoms with Crippen LogP contribution in [0, 0.1) is 5.92 Å². The van der Waals surface area contributed by atoms with E-state index in [9.17, 15) is 8.78 Å². The van der Waals surface area contributed by atoms with Gasteiger partial charge in [-0.25, -0.2) is 13.8 Å². The van der Waals surface area contributed by atoms with Gasteiger partial charge in [-0.05, 0) is 18.1 Å². The van der Waals surface area contributed by atoms with Crippen LogP contribution in [0.5, 0.6) is 0 Å². The molecule has 1 aliphatic carbocycles. The van der Waals surface area contributed by atoms with E-state index in [1.807, 2.05) is 18.2 Å². The predicted octanol–water partition coefficient (Wildman–Crippen LogP) is 2.25. The summed E-state index contributed by atoms with van der Waals surface area (Å²) in [6.45, 7) is 4.57. The van der Waals surface area contributed by atoms with Crippen LogP contribution in [0.25, 0.3) is 0 Å². The van der Waals surface area contributed by atoms with Gasteiger partial charge < -0.3 is 4.90 Å². The molecule has 1 saturated heterocycles. The summed E-state index contributed by atoms with van der Waals surface area (Å²) in [6.07, 6.45) is 1.96. The second-order valence-corrected chi connectivity index (χ2v) is 5.61. The third-order valence-corrected chi connectivity index (χ3v) is 4.04. The van der Waals surface area contributed by atoms with Crippen LogP contribution in [0.15, 0.2) is 24.4 Å². The van der Waals surface area contributed by atoms with Crippen molar-refractivity contribution >= 4 is 5.82 Å². The van der Waals surface area contributed by atoms with Crippen molar-refractivity contribution in [3.05, 3.63) is 24.4 Å². The molecule has 1 aromatic heterocycles. The van der Waals surface area contributed by atoms with Crippen LogP contribution in [0.1, 0.15) is 12.8 Å². The first kappa shape index (κ1) is 12.8. The highest BCUT2D eigenvalue weighted by atomic mass is 19.3. The first-order chi connectivity index (χ1) is 9.12. The third-order valence-electron chi connectivity index (χ3n) is 4.04. The van der Waals surface area contributed by atoms with E-state index in [0.717, 1.165) is 38.5 Å². The molecule has 2 aliphatic rings. The monoisotopic (exact) mass is 267 g/mol. The standard InChI is InChI=1S/C14H19F2N3/c15-14(16)9-12(10-14)11-18-5-7-19(8-6-18)13-3-1-2-4-17-13/h1-4,12H,5-11H2. The number of aromatic nitrogens is 1. The summed E-state index contributed by atoms with van der Waals surface area (Å²) in [4.78, 5) is 8.90. The number of pyridine rings is 1. The molecule has 2 fully saturated rings. The second-order valence-electron chi connectivity index (χ2n) is 5.61. The predicted molar refractivity (Wildman–Crippen MR) is 70.6 cm³/mol. The average Bonchev–Trinajstić information content (AvgIpc) is 2.38. The molecule has 0 unspecified atom stereocenters. The van der Waals surface area contributed by atoms with Crippen LogP contribution in [0.4, 0.5) is 14.6 Å². The van der Waals surface area contributed by atoms with Gasteiger partial charge in [0.05, 0.1) is 0 Å². The molecule has 5 heteroatoms. The summed E-state index contributed by atoms with van der Waals surface area (Å²) in [5, 5.41) is 0. The molecular weight excluding hydrogens is 248 g/mol. The van der Waals surface area contributed by atoms with E-state index in [4.69, 9.17) is 0 Å². The Balaban J connectivity index is 1.45. The number of rotatable bonds is 3. The van der Waals surface area contributed by atoms with E-state index in [-0.39, 0.29) is 18.8 Å². The zero-order chi connectivity index (χ0) is 13.3. The highest BCUT2D eigenvalue weighted by molar-refractivity contribution is 5.38. The smallest absolute Gasteiger partial charge is 0.248 e. The van der Waals surface area contributed by atoms with Crippen molar-refractivity contribution in [2.45, 2.75) is 18.8 Å². The van der Waals surface area contributed by atoms with Crippen molar-refractivity contribution in [1.82, 2.24) is 9.88 Å². The molecule has 0 amide bonds. The number of nitrogens with zero attached hydrogens (tertiary/aromatic N) is 3. The van der Waals surface area contributed by atoms with Crippen molar-refractivity contribution in [1.29, 1.82) is 0 Å².